The molecule has 144 valence electrons. The van der Waals surface area contributed by atoms with Crippen LogP contribution in [0.1, 0.15) is 38.2 Å². The Kier molecular flexibility index (Phi) is 4.86. The summed E-state index contributed by atoms with van der Waals surface area (Å²) in [6, 6.07) is 17.1. The molecule has 0 aromatic heterocycles. The van der Waals surface area contributed by atoms with E-state index >= 15 is 0 Å². The zero-order chi connectivity index (χ0) is 19.6. The minimum Gasteiger partial charge on any atom is -0.356 e. The van der Waals surface area contributed by atoms with Gasteiger partial charge >= 0.3 is 6.03 Å². The molecule has 0 atom stereocenters. The van der Waals surface area contributed by atoms with Gasteiger partial charge in [0.15, 0.2) is 0 Å². The Labute approximate surface area is 164 Å². The van der Waals surface area contributed by atoms with E-state index in [0.29, 0.717) is 18.8 Å². The minimum absolute atomic E-state index is 0.233. The zero-order valence-electron chi connectivity index (χ0n) is 15.9. The summed E-state index contributed by atoms with van der Waals surface area (Å²) < 4.78 is 0. The monoisotopic (exact) mass is 376 g/mol. The lowest BCUT2D eigenvalue weighted by Crippen LogP contribution is -2.49. The standard InChI is InChI=1S/C22H24N4O2/c1-16-11-13-22(14-12-16)20(27)26(21(28)25-22)23-15-17-7-9-19(10-8-17)24-18-5-3-2-4-6-18/h2-10,15-16,24H,11-14H2,1H3,(H,25,28)/b23-15-. The molecule has 1 saturated carbocycles. The second-order valence-corrected chi connectivity index (χ2v) is 7.67. The van der Waals surface area contributed by atoms with E-state index in [-0.39, 0.29) is 5.91 Å². The van der Waals surface area contributed by atoms with Crippen molar-refractivity contribution in [3.63, 3.8) is 0 Å². The molecule has 1 saturated heterocycles. The lowest BCUT2D eigenvalue weighted by Gasteiger charge is -2.33. The molecule has 1 heterocycles. The number of benzene rings is 2. The van der Waals surface area contributed by atoms with Crippen LogP contribution in [0.5, 0.6) is 0 Å². The lowest BCUT2D eigenvalue weighted by molar-refractivity contribution is -0.132. The van der Waals surface area contributed by atoms with Crippen LogP contribution in [0, 0.1) is 5.92 Å². The first-order valence-electron chi connectivity index (χ1n) is 9.69. The maximum Gasteiger partial charge on any atom is 0.346 e. The third-order valence-corrected chi connectivity index (χ3v) is 5.56. The predicted molar refractivity (Wildman–Crippen MR) is 110 cm³/mol. The van der Waals surface area contributed by atoms with E-state index in [2.05, 4.69) is 22.7 Å². The van der Waals surface area contributed by atoms with Crippen LogP contribution in [0.15, 0.2) is 59.7 Å². The number of hydrogen-bond acceptors (Lipinski definition) is 4. The molecular weight excluding hydrogens is 352 g/mol. The van der Waals surface area contributed by atoms with Gasteiger partial charge in [-0.1, -0.05) is 37.3 Å². The van der Waals surface area contributed by atoms with E-state index in [1.807, 2.05) is 54.6 Å². The van der Waals surface area contributed by atoms with Crippen LogP contribution in [-0.2, 0) is 4.79 Å². The molecule has 2 fully saturated rings. The van der Waals surface area contributed by atoms with Gasteiger partial charge in [-0.2, -0.15) is 5.10 Å². The van der Waals surface area contributed by atoms with Gasteiger partial charge in [0.05, 0.1) is 6.21 Å². The molecule has 3 amide bonds. The summed E-state index contributed by atoms with van der Waals surface area (Å²) >= 11 is 0. The smallest absolute Gasteiger partial charge is 0.346 e. The molecule has 1 aliphatic carbocycles. The van der Waals surface area contributed by atoms with Crippen molar-refractivity contribution in [3.8, 4) is 0 Å². The number of hydrogen-bond donors (Lipinski definition) is 2. The van der Waals surface area contributed by atoms with Crippen LogP contribution in [-0.4, -0.2) is 28.7 Å². The summed E-state index contributed by atoms with van der Waals surface area (Å²) in [4.78, 5) is 25.1. The molecule has 1 spiro atoms. The van der Waals surface area contributed by atoms with Crippen LogP contribution >= 0.6 is 0 Å². The summed E-state index contributed by atoms with van der Waals surface area (Å²) in [5.74, 6) is 0.360. The Balaban J connectivity index is 1.42. The number of carbonyl (C=O) groups excluding carboxylic acids is 2. The highest BCUT2D eigenvalue weighted by Crippen LogP contribution is 2.36. The first-order valence-corrected chi connectivity index (χ1v) is 9.69. The van der Waals surface area contributed by atoms with Crippen molar-refractivity contribution >= 4 is 29.5 Å². The Morgan fingerprint density at radius 2 is 1.68 bits per heavy atom. The summed E-state index contributed by atoms with van der Waals surface area (Å²) in [5, 5.41) is 11.3. The second-order valence-electron chi connectivity index (χ2n) is 7.67. The van der Waals surface area contributed by atoms with E-state index in [4.69, 9.17) is 0 Å². The average molecular weight is 376 g/mol. The molecule has 1 aliphatic heterocycles. The van der Waals surface area contributed by atoms with Gasteiger partial charge in [0.2, 0.25) is 0 Å². The van der Waals surface area contributed by atoms with Crippen molar-refractivity contribution in [1.29, 1.82) is 0 Å². The van der Waals surface area contributed by atoms with E-state index in [1.165, 1.54) is 0 Å². The second kappa shape index (κ2) is 7.46. The van der Waals surface area contributed by atoms with Crippen LogP contribution in [0.25, 0.3) is 0 Å². The highest BCUT2D eigenvalue weighted by Gasteiger charge is 2.52. The van der Waals surface area contributed by atoms with Crippen molar-refractivity contribution in [2.75, 3.05) is 5.32 Å². The molecule has 28 heavy (non-hydrogen) atoms. The third kappa shape index (κ3) is 3.63. The Morgan fingerprint density at radius 3 is 2.36 bits per heavy atom. The van der Waals surface area contributed by atoms with Gasteiger partial charge in [-0.25, -0.2) is 4.79 Å². The third-order valence-electron chi connectivity index (χ3n) is 5.56. The van der Waals surface area contributed by atoms with Gasteiger partial charge in [0, 0.05) is 11.4 Å². The molecule has 2 aromatic carbocycles. The largest absolute Gasteiger partial charge is 0.356 e. The Bertz CT molecular complexity index is 885. The van der Waals surface area contributed by atoms with E-state index in [9.17, 15) is 9.59 Å². The fourth-order valence-electron chi connectivity index (χ4n) is 3.77. The first kappa shape index (κ1) is 18.2. The summed E-state index contributed by atoms with van der Waals surface area (Å²) in [6.45, 7) is 2.18. The van der Waals surface area contributed by atoms with Gasteiger partial charge in [0.1, 0.15) is 5.54 Å². The van der Waals surface area contributed by atoms with Crippen LogP contribution in [0.4, 0.5) is 16.2 Å². The number of rotatable bonds is 4. The van der Waals surface area contributed by atoms with Crippen molar-refractivity contribution in [2.45, 2.75) is 38.1 Å². The molecule has 0 bridgehead atoms. The molecule has 2 aromatic rings. The number of carbonyl (C=O) groups is 2. The number of hydrazone groups is 1. The molecule has 2 N–H and O–H groups in total. The molecule has 6 heteroatoms. The highest BCUT2D eigenvalue weighted by molar-refractivity contribution is 6.07. The molecule has 0 unspecified atom stereocenters. The molecule has 4 rings (SSSR count). The number of amides is 3. The quantitative estimate of drug-likeness (QED) is 0.618. The number of para-hydroxylation sites is 1. The predicted octanol–water partition coefficient (Wildman–Crippen LogP) is 4.26. The summed E-state index contributed by atoms with van der Waals surface area (Å²) in [7, 11) is 0. The van der Waals surface area contributed by atoms with Crippen LogP contribution in [0.3, 0.4) is 0 Å². The first-order chi connectivity index (χ1) is 13.6. The van der Waals surface area contributed by atoms with Crippen molar-refractivity contribution < 1.29 is 9.59 Å². The van der Waals surface area contributed by atoms with Crippen LogP contribution in [0.2, 0.25) is 0 Å². The number of urea groups is 1. The maximum atomic E-state index is 12.8. The molecule has 6 nitrogen and oxygen atoms in total. The van der Waals surface area contributed by atoms with E-state index in [1.54, 1.807) is 6.21 Å². The van der Waals surface area contributed by atoms with Gasteiger partial charge in [-0.15, -0.1) is 5.01 Å². The van der Waals surface area contributed by atoms with Crippen LogP contribution < -0.4 is 10.6 Å². The normalized spacial score (nSPS) is 24.8. The van der Waals surface area contributed by atoms with Crippen molar-refractivity contribution in [1.82, 2.24) is 10.3 Å². The Hall–Kier alpha value is -3.15. The zero-order valence-corrected chi connectivity index (χ0v) is 15.9. The SMILES string of the molecule is CC1CCC2(CC1)NC(=O)N(/N=C\c1ccc(Nc3ccccc3)cc1)C2=O. The minimum atomic E-state index is -0.760. The lowest BCUT2D eigenvalue weighted by atomic mass is 9.77. The van der Waals surface area contributed by atoms with Gasteiger partial charge in [0.25, 0.3) is 5.91 Å². The van der Waals surface area contributed by atoms with Gasteiger partial charge < -0.3 is 10.6 Å². The van der Waals surface area contributed by atoms with Gasteiger partial charge in [-0.3, -0.25) is 4.79 Å². The topological polar surface area (TPSA) is 73.8 Å². The number of nitrogens with zero attached hydrogens (tertiary/aromatic N) is 2. The van der Waals surface area contributed by atoms with Gasteiger partial charge in [-0.05, 0) is 61.4 Å². The number of imide groups is 1. The van der Waals surface area contributed by atoms with Crippen molar-refractivity contribution in [2.24, 2.45) is 11.0 Å². The molecular formula is C22H24N4O2. The maximum absolute atomic E-state index is 12.8. The fourth-order valence-corrected chi connectivity index (χ4v) is 3.77. The Morgan fingerprint density at radius 1 is 1.04 bits per heavy atom. The van der Waals surface area contributed by atoms with E-state index in [0.717, 1.165) is 34.8 Å². The highest BCUT2D eigenvalue weighted by atomic mass is 16.2. The van der Waals surface area contributed by atoms with Crippen molar-refractivity contribution in [3.05, 3.63) is 60.2 Å². The summed E-state index contributed by atoms with van der Waals surface area (Å²) in [5.41, 5.74) is 2.02. The fraction of sp³-hybridized carbons (Fsp3) is 0.318. The average Bonchev–Trinajstić information content (AvgIpc) is 2.94. The van der Waals surface area contributed by atoms with E-state index < -0.39 is 11.6 Å². The molecule has 2 aliphatic rings. The number of nitrogens with one attached hydrogen (secondary N) is 2. The summed E-state index contributed by atoms with van der Waals surface area (Å²) in [6.07, 6.45) is 4.81. The number of anilines is 2. The molecule has 0 radical (unpaired) electrons.